The molecule has 2 fully saturated rings. The number of hydrogen-bond acceptors (Lipinski definition) is 5. The molecule has 2 aliphatic heterocycles. The van der Waals surface area contributed by atoms with Gasteiger partial charge in [-0.15, -0.1) is 0 Å². The molecule has 27 heavy (non-hydrogen) atoms. The van der Waals surface area contributed by atoms with Crippen molar-refractivity contribution >= 4 is 6.09 Å². The molecule has 1 aliphatic carbocycles. The molecule has 1 aromatic carbocycles. The van der Waals surface area contributed by atoms with Gasteiger partial charge in [-0.2, -0.15) is 0 Å². The molecule has 1 spiro atoms. The van der Waals surface area contributed by atoms with E-state index in [0.29, 0.717) is 19.8 Å². The summed E-state index contributed by atoms with van der Waals surface area (Å²) < 4.78 is 17.4. The second kappa shape index (κ2) is 7.78. The van der Waals surface area contributed by atoms with Gasteiger partial charge in [0.05, 0.1) is 38.1 Å². The van der Waals surface area contributed by atoms with Crippen LogP contribution < -0.4 is 5.73 Å². The second-order valence-electron chi connectivity index (χ2n) is 8.01. The number of nitrogens with two attached hydrogens (primary N) is 1. The average molecular weight is 374 g/mol. The van der Waals surface area contributed by atoms with Crippen LogP contribution in [-0.4, -0.2) is 49.4 Å². The molecule has 2 heterocycles. The lowest BCUT2D eigenvalue weighted by Crippen LogP contribution is -2.56. The van der Waals surface area contributed by atoms with Crippen LogP contribution in [0.25, 0.3) is 0 Å². The Morgan fingerprint density at radius 2 is 2.07 bits per heavy atom. The van der Waals surface area contributed by atoms with Gasteiger partial charge in [-0.05, 0) is 49.7 Å². The number of amides is 1. The molecule has 0 aromatic heterocycles. The van der Waals surface area contributed by atoms with Crippen molar-refractivity contribution in [3.05, 3.63) is 35.4 Å². The molecule has 6 nitrogen and oxygen atoms in total. The van der Waals surface area contributed by atoms with Crippen molar-refractivity contribution < 1.29 is 19.0 Å². The molecular weight excluding hydrogens is 344 g/mol. The Morgan fingerprint density at radius 3 is 2.85 bits per heavy atom. The number of benzene rings is 1. The smallest absolute Gasteiger partial charge is 0.409 e. The molecular formula is C21H30N2O4. The lowest BCUT2D eigenvalue weighted by Gasteiger charge is -2.41. The van der Waals surface area contributed by atoms with Crippen molar-refractivity contribution in [3.8, 4) is 0 Å². The lowest BCUT2D eigenvalue weighted by atomic mass is 9.78. The number of nitrogens with zero attached hydrogens (tertiary/aromatic N) is 1. The zero-order valence-electron chi connectivity index (χ0n) is 16.1. The Bertz CT molecular complexity index is 672. The average Bonchev–Trinajstić information content (AvgIpc) is 3.06. The van der Waals surface area contributed by atoms with Crippen molar-refractivity contribution in [2.24, 2.45) is 5.73 Å². The Hall–Kier alpha value is -1.63. The standard InChI is InChI=1S/C21H30N2O4/c1-25-20(24)23-12-4-7-18(22)19(23)14-26-16-8-10-21(11-9-16)17-6-3-2-5-15(17)13-27-21/h2-3,5-6,16,18-19H,4,7-14,22H2,1H3. The maximum Gasteiger partial charge on any atom is 0.409 e. The van der Waals surface area contributed by atoms with Crippen molar-refractivity contribution in [3.63, 3.8) is 0 Å². The van der Waals surface area contributed by atoms with E-state index in [1.807, 2.05) is 0 Å². The van der Waals surface area contributed by atoms with Crippen molar-refractivity contribution in [1.29, 1.82) is 0 Å². The van der Waals surface area contributed by atoms with Crippen LogP contribution in [0.4, 0.5) is 4.79 Å². The molecule has 2 unspecified atom stereocenters. The zero-order chi connectivity index (χ0) is 18.9. The fourth-order valence-electron chi connectivity index (χ4n) is 4.90. The number of ether oxygens (including phenoxy) is 3. The molecule has 1 amide bonds. The van der Waals surface area contributed by atoms with Crippen LogP contribution in [0, 0.1) is 0 Å². The number of methoxy groups -OCH3 is 1. The molecule has 0 radical (unpaired) electrons. The lowest BCUT2D eigenvalue weighted by molar-refractivity contribution is -0.102. The van der Waals surface area contributed by atoms with E-state index in [2.05, 4.69) is 24.3 Å². The Morgan fingerprint density at radius 1 is 1.30 bits per heavy atom. The number of fused-ring (bicyclic) bond motifs is 2. The summed E-state index contributed by atoms with van der Waals surface area (Å²) in [6, 6.07) is 8.39. The molecule has 1 saturated carbocycles. The first-order valence-corrected chi connectivity index (χ1v) is 10.1. The van der Waals surface area contributed by atoms with Crippen LogP contribution in [0.3, 0.4) is 0 Å². The number of piperidine rings is 1. The summed E-state index contributed by atoms with van der Waals surface area (Å²) in [5.41, 5.74) is 8.82. The van der Waals surface area contributed by atoms with Gasteiger partial charge in [-0.25, -0.2) is 4.79 Å². The van der Waals surface area contributed by atoms with E-state index in [-0.39, 0.29) is 29.9 Å². The summed E-state index contributed by atoms with van der Waals surface area (Å²) in [5, 5.41) is 0. The second-order valence-corrected chi connectivity index (χ2v) is 8.01. The first-order chi connectivity index (χ1) is 13.1. The van der Waals surface area contributed by atoms with Crippen molar-refractivity contribution in [2.75, 3.05) is 20.3 Å². The van der Waals surface area contributed by atoms with Crippen LogP contribution in [0.2, 0.25) is 0 Å². The Kier molecular flexibility index (Phi) is 5.39. The normalized spacial score (nSPS) is 33.1. The summed E-state index contributed by atoms with van der Waals surface area (Å²) in [6.07, 6.45) is 5.61. The Labute approximate surface area is 160 Å². The highest BCUT2D eigenvalue weighted by Crippen LogP contribution is 2.47. The fraction of sp³-hybridized carbons (Fsp3) is 0.667. The highest BCUT2D eigenvalue weighted by atomic mass is 16.5. The van der Waals surface area contributed by atoms with Gasteiger partial charge in [0.25, 0.3) is 0 Å². The van der Waals surface area contributed by atoms with Crippen LogP contribution in [0.15, 0.2) is 24.3 Å². The van der Waals surface area contributed by atoms with Gasteiger partial charge >= 0.3 is 6.09 Å². The predicted octanol–water partition coefficient (Wildman–Crippen LogP) is 2.93. The van der Waals surface area contributed by atoms with Crippen LogP contribution in [0.5, 0.6) is 0 Å². The minimum absolute atomic E-state index is 0.0576. The Balaban J connectivity index is 1.34. The minimum atomic E-state index is -0.308. The van der Waals surface area contributed by atoms with E-state index >= 15 is 0 Å². The number of hydrogen-bond donors (Lipinski definition) is 1. The first kappa shape index (κ1) is 18.7. The number of carbonyl (C=O) groups excluding carboxylic acids is 1. The molecule has 2 atom stereocenters. The van der Waals surface area contributed by atoms with Crippen LogP contribution in [0.1, 0.15) is 49.7 Å². The predicted molar refractivity (Wildman–Crippen MR) is 101 cm³/mol. The summed E-state index contributed by atoms with van der Waals surface area (Å²) in [5.74, 6) is 0. The minimum Gasteiger partial charge on any atom is -0.453 e. The maximum atomic E-state index is 12.0. The van der Waals surface area contributed by atoms with Gasteiger partial charge in [0, 0.05) is 12.6 Å². The van der Waals surface area contributed by atoms with Gasteiger partial charge in [-0.3, -0.25) is 0 Å². The van der Waals surface area contributed by atoms with Gasteiger partial charge < -0.3 is 24.8 Å². The van der Waals surface area contributed by atoms with E-state index in [9.17, 15) is 4.79 Å². The van der Waals surface area contributed by atoms with Gasteiger partial charge in [0.1, 0.15) is 0 Å². The van der Waals surface area contributed by atoms with Crippen LogP contribution in [-0.2, 0) is 26.4 Å². The topological polar surface area (TPSA) is 74.0 Å². The van der Waals surface area contributed by atoms with E-state index in [0.717, 1.165) is 38.5 Å². The molecule has 3 aliphatic rings. The third-order valence-electron chi connectivity index (χ3n) is 6.50. The van der Waals surface area contributed by atoms with E-state index in [1.165, 1.54) is 18.2 Å². The number of carbonyl (C=O) groups is 1. The molecule has 1 saturated heterocycles. The largest absolute Gasteiger partial charge is 0.453 e. The summed E-state index contributed by atoms with van der Waals surface area (Å²) in [7, 11) is 1.42. The van der Waals surface area contributed by atoms with Gasteiger partial charge in [0.2, 0.25) is 0 Å². The van der Waals surface area contributed by atoms with E-state index < -0.39 is 0 Å². The fourth-order valence-corrected chi connectivity index (χ4v) is 4.90. The summed E-state index contributed by atoms with van der Waals surface area (Å²) >= 11 is 0. The quantitative estimate of drug-likeness (QED) is 0.881. The van der Waals surface area contributed by atoms with E-state index in [1.54, 1.807) is 4.90 Å². The summed E-state index contributed by atoms with van der Waals surface area (Å²) in [4.78, 5) is 13.8. The van der Waals surface area contributed by atoms with Crippen molar-refractivity contribution in [1.82, 2.24) is 4.90 Å². The van der Waals surface area contributed by atoms with Gasteiger partial charge in [-0.1, -0.05) is 24.3 Å². The van der Waals surface area contributed by atoms with E-state index in [4.69, 9.17) is 19.9 Å². The third-order valence-corrected chi connectivity index (χ3v) is 6.50. The molecule has 2 N–H and O–H groups in total. The first-order valence-electron chi connectivity index (χ1n) is 10.1. The highest BCUT2D eigenvalue weighted by Gasteiger charge is 2.43. The molecule has 4 rings (SSSR count). The van der Waals surface area contributed by atoms with Gasteiger partial charge in [0.15, 0.2) is 0 Å². The molecule has 6 heteroatoms. The maximum absolute atomic E-state index is 12.0. The third kappa shape index (κ3) is 3.58. The SMILES string of the molecule is COC(=O)N1CCCC(N)C1COC1CCC2(CC1)OCc1ccccc12. The highest BCUT2D eigenvalue weighted by molar-refractivity contribution is 5.68. The number of likely N-dealkylation sites (tertiary alicyclic amines) is 1. The molecule has 1 aromatic rings. The zero-order valence-corrected chi connectivity index (χ0v) is 16.1. The summed E-state index contributed by atoms with van der Waals surface area (Å²) in [6.45, 7) is 1.88. The molecule has 0 bridgehead atoms. The van der Waals surface area contributed by atoms with Crippen molar-refractivity contribution in [2.45, 2.75) is 68.9 Å². The van der Waals surface area contributed by atoms with Crippen LogP contribution >= 0.6 is 0 Å². The molecule has 148 valence electrons. The monoisotopic (exact) mass is 374 g/mol. The number of rotatable bonds is 3.